The topological polar surface area (TPSA) is 101 Å². The molecule has 5 heteroatoms. The quantitative estimate of drug-likeness (QED) is 0.777. The molecule has 0 radical (unpaired) electrons. The van der Waals surface area contributed by atoms with Crippen LogP contribution in [-0.4, -0.2) is 28.7 Å². The van der Waals surface area contributed by atoms with E-state index in [1.165, 1.54) is 0 Å². The van der Waals surface area contributed by atoms with Crippen molar-refractivity contribution in [2.45, 2.75) is 6.42 Å². The van der Waals surface area contributed by atoms with E-state index in [1.54, 1.807) is 0 Å². The largest absolute Gasteiger partial charge is 0.481 e. The van der Waals surface area contributed by atoms with Crippen LogP contribution in [0, 0.1) is 0 Å². The van der Waals surface area contributed by atoms with Gasteiger partial charge >= 0.3 is 11.9 Å². The Morgan fingerprint density at radius 2 is 1.53 bits per heavy atom. The highest BCUT2D eigenvalue weighted by Gasteiger charge is 2.03. The second kappa shape index (κ2) is 7.13. The molecular formula is C14H15NO4. The molecule has 0 aliphatic rings. The lowest BCUT2D eigenvalue weighted by molar-refractivity contribution is -0.136. The van der Waals surface area contributed by atoms with Crippen LogP contribution in [0.15, 0.2) is 42.5 Å². The smallest absolute Gasteiger partial charge is 0.317 e. The highest BCUT2D eigenvalue weighted by Crippen LogP contribution is 2.18. The van der Waals surface area contributed by atoms with E-state index in [4.69, 9.17) is 10.2 Å². The second-order valence-electron chi connectivity index (χ2n) is 3.81. The molecule has 0 saturated carbocycles. The van der Waals surface area contributed by atoms with Crippen LogP contribution in [0.2, 0.25) is 0 Å². The first kappa shape index (κ1) is 14.7. The Hall–Kier alpha value is -2.40. The van der Waals surface area contributed by atoms with Gasteiger partial charge in [0.1, 0.15) is 0 Å². The molecule has 0 amide bonds. The number of hydrogen-bond acceptors (Lipinski definition) is 3. The van der Waals surface area contributed by atoms with Gasteiger partial charge in [-0.2, -0.15) is 0 Å². The lowest BCUT2D eigenvalue weighted by Gasteiger charge is -2.02. The van der Waals surface area contributed by atoms with Gasteiger partial charge in [0, 0.05) is 0 Å². The predicted octanol–water partition coefficient (Wildman–Crippen LogP) is 1.50. The first-order valence-electron chi connectivity index (χ1n) is 5.65. The first-order valence-corrected chi connectivity index (χ1v) is 5.65. The number of nitrogens with two attached hydrogens (primary N) is 1. The maximum atomic E-state index is 10.6. The molecule has 2 rings (SSSR count). The van der Waals surface area contributed by atoms with Crippen LogP contribution in [0.1, 0.15) is 5.56 Å². The van der Waals surface area contributed by atoms with Crippen molar-refractivity contribution < 1.29 is 19.8 Å². The Morgan fingerprint density at radius 1 is 0.947 bits per heavy atom. The fourth-order valence-corrected chi connectivity index (χ4v) is 1.61. The highest BCUT2D eigenvalue weighted by molar-refractivity contribution is 5.88. The van der Waals surface area contributed by atoms with Gasteiger partial charge in [-0.25, -0.2) is 0 Å². The molecule has 0 atom stereocenters. The average molecular weight is 261 g/mol. The van der Waals surface area contributed by atoms with Crippen molar-refractivity contribution in [3.05, 3.63) is 48.0 Å². The molecule has 0 fully saturated rings. The second-order valence-corrected chi connectivity index (χ2v) is 3.81. The lowest BCUT2D eigenvalue weighted by atomic mass is 10.0. The minimum atomic E-state index is -0.968. The maximum Gasteiger partial charge on any atom is 0.317 e. The van der Waals surface area contributed by atoms with Gasteiger partial charge in [0.25, 0.3) is 0 Å². The monoisotopic (exact) mass is 261 g/mol. The van der Waals surface area contributed by atoms with Gasteiger partial charge in [-0.15, -0.1) is 0 Å². The van der Waals surface area contributed by atoms with Gasteiger partial charge in [0.15, 0.2) is 0 Å². The van der Waals surface area contributed by atoms with Gasteiger partial charge in [-0.3, -0.25) is 9.59 Å². The third-order valence-electron chi connectivity index (χ3n) is 2.40. The van der Waals surface area contributed by atoms with Crippen molar-refractivity contribution in [3.63, 3.8) is 0 Å². The molecule has 100 valence electrons. The number of hydrogen-bond donors (Lipinski definition) is 3. The molecule has 5 nitrogen and oxygen atoms in total. The Kier molecular flexibility index (Phi) is 5.50. The number of rotatable bonds is 3. The summed E-state index contributed by atoms with van der Waals surface area (Å²) in [5, 5.41) is 18.4. The summed E-state index contributed by atoms with van der Waals surface area (Å²) < 4.78 is 0. The molecule has 0 aromatic heterocycles. The summed E-state index contributed by atoms with van der Waals surface area (Å²) in [6.45, 7) is -0.278. The van der Waals surface area contributed by atoms with E-state index in [0.29, 0.717) is 0 Å². The molecule has 0 heterocycles. The number of carbonyl (C=O) groups is 2. The number of carboxylic acids is 2. The summed E-state index contributed by atoms with van der Waals surface area (Å²) in [6, 6.07) is 13.5. The summed E-state index contributed by atoms with van der Waals surface area (Å²) in [5.41, 5.74) is 5.44. The lowest BCUT2D eigenvalue weighted by Crippen LogP contribution is -2.10. The number of aliphatic carboxylic acids is 2. The summed E-state index contributed by atoms with van der Waals surface area (Å²) in [5.74, 6) is -1.76. The Balaban J connectivity index is 0.000000312. The Bertz CT molecular complexity index is 575. The number of fused-ring (bicyclic) bond motifs is 1. The predicted molar refractivity (Wildman–Crippen MR) is 72.0 cm³/mol. The molecule has 4 N–H and O–H groups in total. The van der Waals surface area contributed by atoms with Crippen molar-refractivity contribution in [1.29, 1.82) is 0 Å². The van der Waals surface area contributed by atoms with Crippen molar-refractivity contribution in [1.82, 2.24) is 0 Å². The van der Waals surface area contributed by atoms with E-state index in [2.05, 4.69) is 5.73 Å². The zero-order valence-corrected chi connectivity index (χ0v) is 10.2. The molecule has 2 aromatic carbocycles. The minimum absolute atomic E-state index is 0.0847. The SMILES string of the molecule is NCC(=O)O.O=C(O)Cc1cccc2ccccc12. The van der Waals surface area contributed by atoms with Crippen molar-refractivity contribution in [2.24, 2.45) is 5.73 Å². The van der Waals surface area contributed by atoms with E-state index in [-0.39, 0.29) is 13.0 Å². The molecule has 0 aliphatic heterocycles. The molecular weight excluding hydrogens is 246 g/mol. The van der Waals surface area contributed by atoms with Crippen LogP contribution >= 0.6 is 0 Å². The average Bonchev–Trinajstić information content (AvgIpc) is 2.39. The van der Waals surface area contributed by atoms with Crippen molar-refractivity contribution in [2.75, 3.05) is 6.54 Å². The molecule has 0 unspecified atom stereocenters. The van der Waals surface area contributed by atoms with Gasteiger partial charge in [-0.05, 0) is 16.3 Å². The third kappa shape index (κ3) is 4.77. The van der Waals surface area contributed by atoms with E-state index in [0.717, 1.165) is 16.3 Å². The zero-order valence-electron chi connectivity index (χ0n) is 10.2. The molecule has 19 heavy (non-hydrogen) atoms. The standard InChI is InChI=1S/C12H10O2.C2H5NO2/c13-12(14)8-10-6-3-5-9-4-1-2-7-11(9)10;3-1-2(4)5/h1-7H,8H2,(H,13,14);1,3H2,(H,4,5). The highest BCUT2D eigenvalue weighted by atomic mass is 16.4. The summed E-state index contributed by atoms with van der Waals surface area (Å²) in [4.78, 5) is 19.9. The molecule has 0 aliphatic carbocycles. The Morgan fingerprint density at radius 3 is 2.11 bits per heavy atom. The minimum Gasteiger partial charge on any atom is -0.481 e. The van der Waals surface area contributed by atoms with Crippen LogP contribution in [-0.2, 0) is 16.0 Å². The van der Waals surface area contributed by atoms with Crippen molar-refractivity contribution in [3.8, 4) is 0 Å². The normalized spacial score (nSPS) is 9.53. The third-order valence-corrected chi connectivity index (χ3v) is 2.40. The molecule has 0 spiro atoms. The fourth-order valence-electron chi connectivity index (χ4n) is 1.61. The van der Waals surface area contributed by atoms with Crippen LogP contribution in [0.5, 0.6) is 0 Å². The van der Waals surface area contributed by atoms with Crippen LogP contribution in [0.25, 0.3) is 10.8 Å². The van der Waals surface area contributed by atoms with Crippen LogP contribution in [0.3, 0.4) is 0 Å². The van der Waals surface area contributed by atoms with Crippen LogP contribution in [0.4, 0.5) is 0 Å². The number of carboxylic acid groups (broad SMARTS) is 2. The summed E-state index contributed by atoms with van der Waals surface area (Å²) >= 11 is 0. The van der Waals surface area contributed by atoms with E-state index in [9.17, 15) is 9.59 Å². The zero-order chi connectivity index (χ0) is 14.3. The number of benzene rings is 2. The van der Waals surface area contributed by atoms with E-state index < -0.39 is 11.9 Å². The van der Waals surface area contributed by atoms with Gasteiger partial charge in [0.05, 0.1) is 13.0 Å². The molecule has 2 aromatic rings. The summed E-state index contributed by atoms with van der Waals surface area (Å²) in [7, 11) is 0. The first-order chi connectivity index (χ1) is 9.04. The molecule has 0 saturated heterocycles. The van der Waals surface area contributed by atoms with Crippen LogP contribution < -0.4 is 5.73 Å². The van der Waals surface area contributed by atoms with E-state index in [1.807, 2.05) is 42.5 Å². The maximum absolute atomic E-state index is 10.6. The van der Waals surface area contributed by atoms with Gasteiger partial charge in [-0.1, -0.05) is 42.5 Å². The van der Waals surface area contributed by atoms with Gasteiger partial charge in [0.2, 0.25) is 0 Å². The Labute approximate surface area is 110 Å². The molecule has 0 bridgehead atoms. The fraction of sp³-hybridized carbons (Fsp3) is 0.143. The van der Waals surface area contributed by atoms with E-state index >= 15 is 0 Å². The van der Waals surface area contributed by atoms with Gasteiger partial charge < -0.3 is 15.9 Å². The summed E-state index contributed by atoms with van der Waals surface area (Å²) in [6.07, 6.45) is 0.0847. The van der Waals surface area contributed by atoms with Crippen molar-refractivity contribution >= 4 is 22.7 Å².